The molecular weight excluding hydrogens is 438 g/mol. The molecule has 0 saturated carbocycles. The second kappa shape index (κ2) is 7.79. The second-order valence-corrected chi connectivity index (χ2v) is 8.30. The zero-order valence-electron chi connectivity index (χ0n) is 16.8. The molecule has 0 radical (unpaired) electrons. The Hall–Kier alpha value is -2.39. The summed E-state index contributed by atoms with van der Waals surface area (Å²) in [5.74, 6) is 1.01. The molecule has 1 unspecified atom stereocenters. The summed E-state index contributed by atoms with van der Waals surface area (Å²) in [6, 6.07) is 8.01. The summed E-state index contributed by atoms with van der Waals surface area (Å²) in [4.78, 5) is 32.8. The molecule has 3 heterocycles. The summed E-state index contributed by atoms with van der Waals surface area (Å²) in [5.41, 5.74) is 1.19. The van der Waals surface area contributed by atoms with Gasteiger partial charge < -0.3 is 14.2 Å². The first kappa shape index (κ1) is 19.9. The van der Waals surface area contributed by atoms with Gasteiger partial charge in [0.1, 0.15) is 0 Å². The molecule has 1 aliphatic rings. The van der Waals surface area contributed by atoms with Gasteiger partial charge in [-0.3, -0.25) is 13.9 Å². The van der Waals surface area contributed by atoms with E-state index >= 15 is 0 Å². The van der Waals surface area contributed by atoms with Crippen LogP contribution in [0.4, 0.5) is 11.6 Å². The monoisotopic (exact) mass is 461 g/mol. The number of halogens is 1. The number of aryl methyl sites for hydroxylation is 1. The van der Waals surface area contributed by atoms with Gasteiger partial charge in [-0.25, -0.2) is 4.79 Å². The second-order valence-electron chi connectivity index (χ2n) is 7.38. The van der Waals surface area contributed by atoms with E-state index in [0.717, 1.165) is 16.7 Å². The molecular formula is C20H24BrN5O3. The lowest BCUT2D eigenvalue weighted by atomic mass is 10.1. The first-order valence-electron chi connectivity index (χ1n) is 9.73. The molecule has 0 bridgehead atoms. The Morgan fingerprint density at radius 2 is 1.93 bits per heavy atom. The fourth-order valence-electron chi connectivity index (χ4n) is 3.84. The highest BCUT2D eigenvalue weighted by atomic mass is 79.9. The molecule has 0 aliphatic carbocycles. The van der Waals surface area contributed by atoms with Crippen LogP contribution in [0.15, 0.2) is 38.3 Å². The molecule has 154 valence electrons. The number of aromatic nitrogens is 4. The third-order valence-electron chi connectivity index (χ3n) is 5.24. The lowest BCUT2D eigenvalue weighted by molar-refractivity contribution is 0.137. The molecule has 0 N–H and O–H groups in total. The van der Waals surface area contributed by atoms with Crippen LogP contribution in [-0.4, -0.2) is 38.4 Å². The Balaban J connectivity index is 1.91. The maximum Gasteiger partial charge on any atom is 0.332 e. The molecule has 9 heteroatoms. The van der Waals surface area contributed by atoms with E-state index in [2.05, 4.69) is 27.8 Å². The van der Waals surface area contributed by atoms with E-state index in [1.165, 1.54) is 9.13 Å². The van der Waals surface area contributed by atoms with E-state index in [1.807, 2.05) is 35.8 Å². The number of rotatable bonds is 5. The number of benzene rings is 1. The van der Waals surface area contributed by atoms with Crippen LogP contribution in [0.2, 0.25) is 0 Å². The Kier molecular flexibility index (Phi) is 5.35. The number of hydrogen-bond donors (Lipinski definition) is 0. The fourth-order valence-corrected chi connectivity index (χ4v) is 4.11. The highest BCUT2D eigenvalue weighted by molar-refractivity contribution is 9.10. The third-order valence-corrected chi connectivity index (χ3v) is 5.77. The predicted molar refractivity (Wildman–Crippen MR) is 116 cm³/mol. The number of imidazole rings is 1. The molecule has 0 saturated heterocycles. The van der Waals surface area contributed by atoms with Gasteiger partial charge in [0.2, 0.25) is 5.95 Å². The Morgan fingerprint density at radius 3 is 2.62 bits per heavy atom. The highest BCUT2D eigenvalue weighted by Gasteiger charge is 2.29. The largest absolute Gasteiger partial charge is 0.380 e. The van der Waals surface area contributed by atoms with Gasteiger partial charge in [-0.05, 0) is 37.1 Å². The molecule has 3 aromatic rings. The van der Waals surface area contributed by atoms with Gasteiger partial charge in [0, 0.05) is 36.9 Å². The Bertz CT molecular complexity index is 1160. The van der Waals surface area contributed by atoms with Crippen LogP contribution >= 0.6 is 15.9 Å². The van der Waals surface area contributed by atoms with Crippen LogP contribution in [0.3, 0.4) is 0 Å². The molecule has 1 aliphatic heterocycles. The SMILES string of the molecule is CCOCCn1c(=O)c2c(nc3n2CC(C)CN3c2ccc(Br)cc2)n(C)c1=O. The van der Waals surface area contributed by atoms with Gasteiger partial charge in [-0.15, -0.1) is 0 Å². The van der Waals surface area contributed by atoms with Crippen molar-refractivity contribution in [3.8, 4) is 0 Å². The standard InChI is InChI=1S/C20H24BrN5O3/c1-4-29-10-9-24-18(27)16-17(23(3)20(24)28)22-19-25(11-13(2)12-26(16)19)15-7-5-14(21)6-8-15/h5-8,13H,4,9-12H2,1-3H3. The van der Waals surface area contributed by atoms with Crippen molar-refractivity contribution in [1.29, 1.82) is 0 Å². The summed E-state index contributed by atoms with van der Waals surface area (Å²) < 4.78 is 11.0. The van der Waals surface area contributed by atoms with Crippen molar-refractivity contribution in [2.75, 3.05) is 24.7 Å². The van der Waals surface area contributed by atoms with Crippen molar-refractivity contribution in [3.05, 3.63) is 49.6 Å². The maximum atomic E-state index is 13.2. The van der Waals surface area contributed by atoms with Gasteiger partial charge in [0.25, 0.3) is 5.56 Å². The van der Waals surface area contributed by atoms with Crippen LogP contribution in [0.1, 0.15) is 13.8 Å². The predicted octanol–water partition coefficient (Wildman–Crippen LogP) is 2.48. The third kappa shape index (κ3) is 3.42. The van der Waals surface area contributed by atoms with Gasteiger partial charge in [0.15, 0.2) is 11.2 Å². The number of ether oxygens (including phenoxy) is 1. The minimum Gasteiger partial charge on any atom is -0.380 e. The molecule has 8 nitrogen and oxygen atoms in total. The quantitative estimate of drug-likeness (QED) is 0.545. The van der Waals surface area contributed by atoms with Crippen LogP contribution in [-0.2, 0) is 24.9 Å². The molecule has 0 spiro atoms. The van der Waals surface area contributed by atoms with E-state index in [0.29, 0.717) is 42.8 Å². The van der Waals surface area contributed by atoms with Crippen molar-refractivity contribution in [1.82, 2.24) is 18.7 Å². The Labute approximate surface area is 176 Å². The fraction of sp³-hybridized carbons (Fsp3) is 0.450. The molecule has 1 aromatic carbocycles. The average Bonchev–Trinajstić information content (AvgIpc) is 3.08. The summed E-state index contributed by atoms with van der Waals surface area (Å²) in [5, 5.41) is 0. The molecule has 29 heavy (non-hydrogen) atoms. The number of hydrogen-bond acceptors (Lipinski definition) is 5. The van der Waals surface area contributed by atoms with Crippen LogP contribution < -0.4 is 16.1 Å². The summed E-state index contributed by atoms with van der Waals surface area (Å²) in [6.07, 6.45) is 0. The van der Waals surface area contributed by atoms with E-state index in [4.69, 9.17) is 9.72 Å². The summed E-state index contributed by atoms with van der Waals surface area (Å²) in [6.45, 7) is 6.58. The maximum absolute atomic E-state index is 13.2. The van der Waals surface area contributed by atoms with Crippen molar-refractivity contribution in [2.24, 2.45) is 13.0 Å². The van der Waals surface area contributed by atoms with E-state index in [-0.39, 0.29) is 17.8 Å². The van der Waals surface area contributed by atoms with Crippen LogP contribution in [0, 0.1) is 5.92 Å². The number of nitrogens with zero attached hydrogens (tertiary/aromatic N) is 5. The zero-order chi connectivity index (χ0) is 20.7. The minimum absolute atomic E-state index is 0.224. The van der Waals surface area contributed by atoms with Crippen molar-refractivity contribution in [2.45, 2.75) is 26.9 Å². The first-order valence-corrected chi connectivity index (χ1v) is 10.5. The van der Waals surface area contributed by atoms with Crippen LogP contribution in [0.25, 0.3) is 11.2 Å². The van der Waals surface area contributed by atoms with E-state index in [9.17, 15) is 9.59 Å². The summed E-state index contributed by atoms with van der Waals surface area (Å²) in [7, 11) is 1.66. The molecule has 2 aromatic heterocycles. The topological polar surface area (TPSA) is 74.3 Å². The zero-order valence-corrected chi connectivity index (χ0v) is 18.3. The lowest BCUT2D eigenvalue weighted by Gasteiger charge is -2.33. The smallest absolute Gasteiger partial charge is 0.332 e. The van der Waals surface area contributed by atoms with E-state index in [1.54, 1.807) is 7.05 Å². The van der Waals surface area contributed by atoms with Gasteiger partial charge >= 0.3 is 5.69 Å². The van der Waals surface area contributed by atoms with Gasteiger partial charge in [-0.1, -0.05) is 22.9 Å². The summed E-state index contributed by atoms with van der Waals surface area (Å²) >= 11 is 3.47. The van der Waals surface area contributed by atoms with Gasteiger partial charge in [0.05, 0.1) is 13.2 Å². The van der Waals surface area contributed by atoms with Crippen molar-refractivity contribution < 1.29 is 4.74 Å². The van der Waals surface area contributed by atoms with E-state index < -0.39 is 0 Å². The minimum atomic E-state index is -0.374. The highest BCUT2D eigenvalue weighted by Crippen LogP contribution is 2.33. The lowest BCUT2D eigenvalue weighted by Crippen LogP contribution is -2.41. The number of anilines is 2. The van der Waals surface area contributed by atoms with Crippen molar-refractivity contribution >= 4 is 38.7 Å². The number of fused-ring (bicyclic) bond motifs is 3. The molecule has 1 atom stereocenters. The molecule has 4 rings (SSSR count). The Morgan fingerprint density at radius 1 is 1.21 bits per heavy atom. The van der Waals surface area contributed by atoms with Crippen LogP contribution in [0.5, 0.6) is 0 Å². The van der Waals surface area contributed by atoms with Crippen molar-refractivity contribution in [3.63, 3.8) is 0 Å². The first-order chi connectivity index (χ1) is 13.9. The molecule has 0 fully saturated rings. The normalized spacial score (nSPS) is 16.4. The molecule has 0 amide bonds. The average molecular weight is 462 g/mol. The van der Waals surface area contributed by atoms with Gasteiger partial charge in [-0.2, -0.15) is 4.98 Å².